The fourth-order valence-corrected chi connectivity index (χ4v) is 3.07. The molecule has 3 rings (SSSR count). The maximum atomic E-state index is 13.2. The van der Waals surface area contributed by atoms with Crippen LogP contribution in [0.3, 0.4) is 0 Å². The van der Waals surface area contributed by atoms with Crippen LogP contribution in [0.15, 0.2) is 41.4 Å². The van der Waals surface area contributed by atoms with Crippen molar-refractivity contribution < 1.29 is 9.53 Å². The number of carbonyl (C=O) groups excluding carboxylic acids is 1. The first-order chi connectivity index (χ1) is 12.8. The van der Waals surface area contributed by atoms with E-state index >= 15 is 0 Å². The summed E-state index contributed by atoms with van der Waals surface area (Å²) in [6.07, 6.45) is 3.35. The van der Waals surface area contributed by atoms with Crippen molar-refractivity contribution in [3.05, 3.63) is 58.7 Å². The zero-order chi connectivity index (χ0) is 19.6. The molecule has 0 spiro atoms. The minimum absolute atomic E-state index is 0.0748. The molecule has 0 heterocycles. The molecule has 27 heavy (non-hydrogen) atoms. The van der Waals surface area contributed by atoms with E-state index in [1.165, 1.54) is 0 Å². The molecule has 142 valence electrons. The van der Waals surface area contributed by atoms with Gasteiger partial charge in [0.15, 0.2) is 5.60 Å². The summed E-state index contributed by atoms with van der Waals surface area (Å²) in [7, 11) is 1.99. The van der Waals surface area contributed by atoms with Crippen molar-refractivity contribution in [2.45, 2.75) is 46.1 Å². The van der Waals surface area contributed by atoms with Crippen LogP contribution in [0.1, 0.15) is 46.8 Å². The van der Waals surface area contributed by atoms with Crippen molar-refractivity contribution in [1.29, 1.82) is 0 Å². The molecule has 0 unspecified atom stereocenters. The Kier molecular flexibility index (Phi) is 5.36. The Morgan fingerprint density at radius 2 is 1.93 bits per heavy atom. The first-order valence-corrected chi connectivity index (χ1v) is 9.51. The van der Waals surface area contributed by atoms with Crippen LogP contribution >= 0.6 is 0 Å². The van der Waals surface area contributed by atoms with Gasteiger partial charge in [-0.1, -0.05) is 12.1 Å². The Balaban J connectivity index is 1.84. The van der Waals surface area contributed by atoms with E-state index in [1.807, 2.05) is 75.5 Å². The second-order valence-corrected chi connectivity index (χ2v) is 7.51. The first-order valence-electron chi connectivity index (χ1n) is 9.51. The number of benzene rings is 2. The molecule has 2 aromatic carbocycles. The predicted octanol–water partition coefficient (Wildman–Crippen LogP) is 5.02. The fraction of sp³-hybridized carbons (Fsp3) is 0.391. The molecule has 0 radical (unpaired) electrons. The number of nitrogens with zero attached hydrogens (tertiary/aromatic N) is 2. The lowest BCUT2D eigenvalue weighted by Gasteiger charge is -2.19. The number of aliphatic imine (C=N–C) groups is 1. The largest absolute Gasteiger partial charge is 0.479 e. The number of ether oxygens (including phenoxy) is 1. The van der Waals surface area contributed by atoms with E-state index in [4.69, 9.17) is 4.74 Å². The van der Waals surface area contributed by atoms with Crippen molar-refractivity contribution in [2.75, 3.05) is 13.6 Å². The summed E-state index contributed by atoms with van der Waals surface area (Å²) in [6, 6.07) is 11.8. The van der Waals surface area contributed by atoms with E-state index < -0.39 is 5.60 Å². The highest BCUT2D eigenvalue weighted by atomic mass is 16.5. The van der Waals surface area contributed by atoms with Crippen LogP contribution in [0.25, 0.3) is 0 Å². The van der Waals surface area contributed by atoms with Gasteiger partial charge in [0, 0.05) is 19.2 Å². The molecule has 4 nitrogen and oxygen atoms in total. The molecule has 0 aliphatic heterocycles. The van der Waals surface area contributed by atoms with Gasteiger partial charge in [0.1, 0.15) is 5.75 Å². The van der Waals surface area contributed by atoms with Crippen molar-refractivity contribution >= 4 is 17.8 Å². The zero-order valence-corrected chi connectivity index (χ0v) is 16.9. The SMILES string of the molecule is CCN(C)/C=N\c1cc(C)c(C(=O)C2(Oc3cccc(C)c3)CC2)cc1C. The molecule has 0 atom stereocenters. The van der Waals surface area contributed by atoms with Gasteiger partial charge >= 0.3 is 0 Å². The lowest BCUT2D eigenvalue weighted by Crippen LogP contribution is -2.30. The van der Waals surface area contributed by atoms with E-state index in [0.29, 0.717) is 0 Å². The standard InChI is InChI=1S/C23H28N2O2/c1-6-25(5)15-24-21-14-17(3)20(13-18(21)4)22(26)23(10-11-23)27-19-9-7-8-16(2)12-19/h7-9,12-15H,6,10-11H2,1-5H3/b24-15-. The molecule has 0 saturated heterocycles. The summed E-state index contributed by atoms with van der Waals surface area (Å²) in [4.78, 5) is 19.8. The molecule has 1 aliphatic rings. The normalized spacial score (nSPS) is 15.0. The smallest absolute Gasteiger partial charge is 0.206 e. The van der Waals surface area contributed by atoms with Gasteiger partial charge in [0.2, 0.25) is 5.78 Å². The van der Waals surface area contributed by atoms with Gasteiger partial charge in [0.25, 0.3) is 0 Å². The van der Waals surface area contributed by atoms with Crippen LogP contribution in [0.4, 0.5) is 5.69 Å². The van der Waals surface area contributed by atoms with Crippen LogP contribution in [0.5, 0.6) is 5.75 Å². The van der Waals surface area contributed by atoms with Gasteiger partial charge in [-0.3, -0.25) is 4.79 Å². The molecule has 4 heteroatoms. The average molecular weight is 364 g/mol. The molecule has 1 saturated carbocycles. The predicted molar refractivity (Wildman–Crippen MR) is 110 cm³/mol. The highest BCUT2D eigenvalue weighted by molar-refractivity contribution is 6.06. The van der Waals surface area contributed by atoms with Crippen LogP contribution in [-0.2, 0) is 0 Å². The van der Waals surface area contributed by atoms with E-state index in [9.17, 15) is 4.79 Å². The molecule has 0 N–H and O–H groups in total. The quantitative estimate of drug-likeness (QED) is 0.394. The highest BCUT2D eigenvalue weighted by Crippen LogP contribution is 2.44. The molecule has 1 aliphatic carbocycles. The van der Waals surface area contributed by atoms with Crippen molar-refractivity contribution in [3.63, 3.8) is 0 Å². The molecular formula is C23H28N2O2. The highest BCUT2D eigenvalue weighted by Gasteiger charge is 2.53. The maximum Gasteiger partial charge on any atom is 0.206 e. The number of hydrogen-bond donors (Lipinski definition) is 0. The first kappa shape index (κ1) is 19.2. The number of rotatable bonds is 7. The van der Waals surface area contributed by atoms with Gasteiger partial charge < -0.3 is 9.64 Å². The number of carbonyl (C=O) groups is 1. The minimum Gasteiger partial charge on any atom is -0.479 e. The summed E-state index contributed by atoms with van der Waals surface area (Å²) >= 11 is 0. The molecule has 1 fully saturated rings. The number of Topliss-reactive ketones (excluding diaryl/α,β-unsaturated/α-hetero) is 1. The summed E-state index contributed by atoms with van der Waals surface area (Å²) in [5, 5.41) is 0. The van der Waals surface area contributed by atoms with Crippen molar-refractivity contribution in [2.24, 2.45) is 4.99 Å². The second-order valence-electron chi connectivity index (χ2n) is 7.51. The molecule has 0 amide bonds. The minimum atomic E-state index is -0.710. The third kappa shape index (κ3) is 4.21. The van der Waals surface area contributed by atoms with Crippen LogP contribution in [0.2, 0.25) is 0 Å². The van der Waals surface area contributed by atoms with Gasteiger partial charge in [-0.05, 0) is 81.5 Å². The summed E-state index contributed by atoms with van der Waals surface area (Å²) < 4.78 is 6.14. The van der Waals surface area contributed by atoms with Gasteiger partial charge in [-0.25, -0.2) is 4.99 Å². The summed E-state index contributed by atoms with van der Waals surface area (Å²) in [5.41, 5.74) is 3.99. The van der Waals surface area contributed by atoms with Crippen LogP contribution in [0, 0.1) is 20.8 Å². The Morgan fingerprint density at radius 1 is 1.19 bits per heavy atom. The summed E-state index contributed by atoms with van der Waals surface area (Å²) in [6.45, 7) is 8.97. The Morgan fingerprint density at radius 3 is 2.56 bits per heavy atom. The fourth-order valence-electron chi connectivity index (χ4n) is 3.07. The average Bonchev–Trinajstić information content (AvgIpc) is 3.41. The van der Waals surface area contributed by atoms with Crippen LogP contribution < -0.4 is 4.74 Å². The van der Waals surface area contributed by atoms with Gasteiger partial charge in [-0.2, -0.15) is 0 Å². The molecule has 0 bridgehead atoms. The maximum absolute atomic E-state index is 13.2. The molecule has 0 aromatic heterocycles. The lowest BCUT2D eigenvalue weighted by atomic mass is 9.96. The number of ketones is 1. The van der Waals surface area contributed by atoms with E-state index in [0.717, 1.165) is 53.1 Å². The Bertz CT molecular complexity index is 882. The number of aryl methyl sites for hydroxylation is 3. The van der Waals surface area contributed by atoms with Gasteiger partial charge in [-0.15, -0.1) is 0 Å². The summed E-state index contributed by atoms with van der Waals surface area (Å²) in [5.74, 6) is 0.838. The van der Waals surface area contributed by atoms with E-state index in [-0.39, 0.29) is 5.78 Å². The Hall–Kier alpha value is -2.62. The molecular weight excluding hydrogens is 336 g/mol. The Labute approximate surface area is 161 Å². The molecule has 2 aromatic rings. The van der Waals surface area contributed by atoms with Crippen LogP contribution in [-0.4, -0.2) is 36.2 Å². The van der Waals surface area contributed by atoms with E-state index in [1.54, 1.807) is 0 Å². The number of hydrogen-bond acceptors (Lipinski definition) is 3. The van der Waals surface area contributed by atoms with Crippen molar-refractivity contribution in [3.8, 4) is 5.75 Å². The van der Waals surface area contributed by atoms with Gasteiger partial charge in [0.05, 0.1) is 12.0 Å². The monoisotopic (exact) mass is 364 g/mol. The lowest BCUT2D eigenvalue weighted by molar-refractivity contribution is 0.0745. The second kappa shape index (κ2) is 7.55. The topological polar surface area (TPSA) is 41.9 Å². The third-order valence-corrected chi connectivity index (χ3v) is 5.10. The third-order valence-electron chi connectivity index (χ3n) is 5.10. The van der Waals surface area contributed by atoms with E-state index in [2.05, 4.69) is 11.9 Å². The zero-order valence-electron chi connectivity index (χ0n) is 16.9. The van der Waals surface area contributed by atoms with Crippen molar-refractivity contribution in [1.82, 2.24) is 4.90 Å².